The molecule has 0 aliphatic heterocycles. The molecule has 0 unspecified atom stereocenters. The number of nitriles is 2. The van der Waals surface area contributed by atoms with Gasteiger partial charge in [0, 0.05) is 22.1 Å². The number of rotatable bonds is 7. The third-order valence-corrected chi connectivity index (χ3v) is 12.9. The van der Waals surface area contributed by atoms with Crippen molar-refractivity contribution < 1.29 is 0 Å². The summed E-state index contributed by atoms with van der Waals surface area (Å²) in [4.78, 5) is 14.7. The Morgan fingerprint density at radius 1 is 0.393 bits per heavy atom. The van der Waals surface area contributed by atoms with Gasteiger partial charge in [-0.3, -0.25) is 0 Å². The van der Waals surface area contributed by atoms with Crippen molar-refractivity contribution in [3.63, 3.8) is 0 Å². The first-order valence-electron chi connectivity index (χ1n) is 19.7. The molecule has 4 bridgehead atoms. The van der Waals surface area contributed by atoms with Crippen LogP contribution < -0.4 is 0 Å². The standard InChI is InChI=1S/C51H39N5/c52-31-35-24-36(32-53)26-43(25-35)39-17-21-45(22-18-39)51(46-27-33-23-34(29-46)30-47(51)28-33)44-19-15-38(16-20-44)37-11-13-42(14-12-37)50-55-48(40-7-3-1-4-8-40)54-49(56-50)41-9-5-2-6-10-41/h1-22,24-26,33-34,46-47H,23,27-30H2. The molecule has 0 N–H and O–H groups in total. The van der Waals surface area contributed by atoms with Gasteiger partial charge in [0.1, 0.15) is 0 Å². The highest BCUT2D eigenvalue weighted by molar-refractivity contribution is 5.72. The highest BCUT2D eigenvalue weighted by Crippen LogP contribution is 2.65. The van der Waals surface area contributed by atoms with Crippen LogP contribution in [-0.2, 0) is 5.41 Å². The number of aromatic nitrogens is 3. The van der Waals surface area contributed by atoms with Crippen molar-refractivity contribution in [2.75, 3.05) is 0 Å². The number of benzene rings is 6. The summed E-state index contributed by atoms with van der Waals surface area (Å²) in [5.74, 6) is 4.88. The summed E-state index contributed by atoms with van der Waals surface area (Å²) in [6, 6.07) is 57.1. The lowest BCUT2D eigenvalue weighted by Gasteiger charge is -2.62. The second-order valence-corrected chi connectivity index (χ2v) is 16.0. The molecule has 4 aliphatic rings. The van der Waals surface area contributed by atoms with Gasteiger partial charge in [-0.05, 0) is 107 Å². The van der Waals surface area contributed by atoms with Crippen molar-refractivity contribution in [3.8, 4) is 68.6 Å². The van der Waals surface area contributed by atoms with Crippen LogP contribution in [0.25, 0.3) is 56.4 Å². The topological polar surface area (TPSA) is 86.2 Å². The fourth-order valence-electron chi connectivity index (χ4n) is 10.6. The van der Waals surface area contributed by atoms with E-state index in [0.717, 1.165) is 45.2 Å². The average Bonchev–Trinajstić information content (AvgIpc) is 3.27. The summed E-state index contributed by atoms with van der Waals surface area (Å²) in [7, 11) is 0. The molecule has 11 rings (SSSR count). The van der Waals surface area contributed by atoms with Crippen LogP contribution in [0.5, 0.6) is 0 Å². The maximum absolute atomic E-state index is 9.60. The number of hydrogen-bond donors (Lipinski definition) is 0. The largest absolute Gasteiger partial charge is 0.208 e. The number of hydrogen-bond acceptors (Lipinski definition) is 5. The van der Waals surface area contributed by atoms with Gasteiger partial charge in [0.05, 0.1) is 23.3 Å². The quantitative estimate of drug-likeness (QED) is 0.164. The van der Waals surface area contributed by atoms with Gasteiger partial charge in [0.25, 0.3) is 0 Å². The van der Waals surface area contributed by atoms with E-state index in [0.29, 0.717) is 40.4 Å². The van der Waals surface area contributed by atoms with Gasteiger partial charge < -0.3 is 0 Å². The molecule has 56 heavy (non-hydrogen) atoms. The minimum atomic E-state index is -0.0355. The molecule has 268 valence electrons. The fraction of sp³-hybridized carbons (Fsp3) is 0.196. The van der Waals surface area contributed by atoms with Gasteiger partial charge in [-0.15, -0.1) is 0 Å². The van der Waals surface area contributed by atoms with Crippen LogP contribution in [0.1, 0.15) is 54.4 Å². The zero-order chi connectivity index (χ0) is 37.6. The van der Waals surface area contributed by atoms with E-state index >= 15 is 0 Å². The molecule has 4 fully saturated rings. The van der Waals surface area contributed by atoms with Gasteiger partial charge in [-0.25, -0.2) is 15.0 Å². The van der Waals surface area contributed by atoms with Crippen LogP contribution in [-0.4, -0.2) is 15.0 Å². The molecule has 0 saturated heterocycles. The lowest BCUT2D eigenvalue weighted by molar-refractivity contribution is -0.0418. The molecule has 1 heterocycles. The minimum absolute atomic E-state index is 0.0355. The third kappa shape index (κ3) is 5.88. The van der Waals surface area contributed by atoms with Crippen molar-refractivity contribution in [2.45, 2.75) is 37.5 Å². The second-order valence-electron chi connectivity index (χ2n) is 16.0. The zero-order valence-corrected chi connectivity index (χ0v) is 31.0. The molecule has 0 atom stereocenters. The Morgan fingerprint density at radius 3 is 1.16 bits per heavy atom. The molecule has 4 aliphatic carbocycles. The first-order valence-corrected chi connectivity index (χ1v) is 19.7. The van der Waals surface area contributed by atoms with Crippen LogP contribution in [0.15, 0.2) is 152 Å². The summed E-state index contributed by atoms with van der Waals surface area (Å²) >= 11 is 0. The van der Waals surface area contributed by atoms with E-state index < -0.39 is 0 Å². The maximum atomic E-state index is 9.60. The van der Waals surface area contributed by atoms with Gasteiger partial charge in [-0.1, -0.05) is 133 Å². The molecule has 6 aromatic carbocycles. The Morgan fingerprint density at radius 2 is 0.750 bits per heavy atom. The molecule has 4 saturated carbocycles. The summed E-state index contributed by atoms with van der Waals surface area (Å²) in [5, 5.41) is 19.2. The summed E-state index contributed by atoms with van der Waals surface area (Å²) in [5.41, 5.74) is 10.9. The molecule has 0 amide bonds. The maximum Gasteiger partial charge on any atom is 0.164 e. The smallest absolute Gasteiger partial charge is 0.164 e. The number of nitrogens with zero attached hydrogens (tertiary/aromatic N) is 5. The van der Waals surface area contributed by atoms with Crippen molar-refractivity contribution in [1.29, 1.82) is 10.5 Å². The lowest BCUT2D eigenvalue weighted by Crippen LogP contribution is -2.56. The molecule has 5 nitrogen and oxygen atoms in total. The molecule has 7 aromatic rings. The molecule has 5 heteroatoms. The Balaban J connectivity index is 0.984. The van der Waals surface area contributed by atoms with Crippen LogP contribution >= 0.6 is 0 Å². The summed E-state index contributed by atoms with van der Waals surface area (Å²) < 4.78 is 0. The molecule has 0 spiro atoms. The van der Waals surface area contributed by atoms with E-state index in [9.17, 15) is 10.5 Å². The van der Waals surface area contributed by atoms with Crippen molar-refractivity contribution in [2.24, 2.45) is 23.7 Å². The van der Waals surface area contributed by atoms with Gasteiger partial charge >= 0.3 is 0 Å². The molecule has 0 radical (unpaired) electrons. The van der Waals surface area contributed by atoms with Gasteiger partial charge in [-0.2, -0.15) is 10.5 Å². The lowest BCUT2D eigenvalue weighted by atomic mass is 9.42. The predicted molar refractivity (Wildman–Crippen MR) is 221 cm³/mol. The Bertz CT molecular complexity index is 2520. The highest BCUT2D eigenvalue weighted by atomic mass is 15.0. The molecular weight excluding hydrogens is 683 g/mol. The zero-order valence-electron chi connectivity index (χ0n) is 31.0. The first kappa shape index (κ1) is 33.8. The molecular formula is C51H39N5. The van der Waals surface area contributed by atoms with Crippen molar-refractivity contribution in [1.82, 2.24) is 15.0 Å². The van der Waals surface area contributed by atoms with Crippen LogP contribution in [0, 0.1) is 46.3 Å². The monoisotopic (exact) mass is 721 g/mol. The van der Waals surface area contributed by atoms with Crippen LogP contribution in [0.3, 0.4) is 0 Å². The van der Waals surface area contributed by atoms with Crippen LogP contribution in [0.4, 0.5) is 0 Å². The van der Waals surface area contributed by atoms with Gasteiger partial charge in [0.15, 0.2) is 17.5 Å². The van der Waals surface area contributed by atoms with Gasteiger partial charge in [0.2, 0.25) is 0 Å². The van der Waals surface area contributed by atoms with E-state index in [2.05, 4.69) is 84.9 Å². The summed E-state index contributed by atoms with van der Waals surface area (Å²) in [6.45, 7) is 0. The minimum Gasteiger partial charge on any atom is -0.208 e. The van der Waals surface area contributed by atoms with E-state index in [1.165, 1.54) is 48.8 Å². The predicted octanol–water partition coefficient (Wildman–Crippen LogP) is 11.7. The normalized spacial score (nSPS) is 22.0. The second kappa shape index (κ2) is 13.9. The van der Waals surface area contributed by atoms with Crippen molar-refractivity contribution in [3.05, 3.63) is 174 Å². The van der Waals surface area contributed by atoms with E-state index in [1.807, 2.05) is 72.8 Å². The molecule has 1 aromatic heterocycles. The highest BCUT2D eigenvalue weighted by Gasteiger charge is 2.58. The SMILES string of the molecule is N#Cc1cc(C#N)cc(-c2ccc(C3(c4ccc(-c5ccc(-c6nc(-c7ccccc7)nc(-c7ccccc7)n6)cc5)cc4)C4CC5CC(C4)CC3C5)cc2)c1. The summed E-state index contributed by atoms with van der Waals surface area (Å²) in [6.07, 6.45) is 6.58. The van der Waals surface area contributed by atoms with E-state index in [4.69, 9.17) is 15.0 Å². The average molecular weight is 722 g/mol. The van der Waals surface area contributed by atoms with E-state index in [1.54, 1.807) is 6.07 Å². The first-order chi connectivity index (χ1) is 27.6. The van der Waals surface area contributed by atoms with E-state index in [-0.39, 0.29) is 5.41 Å². The third-order valence-electron chi connectivity index (χ3n) is 12.9. The van der Waals surface area contributed by atoms with Crippen LogP contribution in [0.2, 0.25) is 0 Å². The van der Waals surface area contributed by atoms with Crippen molar-refractivity contribution >= 4 is 0 Å². The Kier molecular flexibility index (Phi) is 8.38. The Hall–Kier alpha value is -6.69. The Labute approximate surface area is 328 Å². The fourth-order valence-corrected chi connectivity index (χ4v) is 10.6.